The summed E-state index contributed by atoms with van der Waals surface area (Å²) < 4.78 is 20.3. The third-order valence-corrected chi connectivity index (χ3v) is 6.56. The van der Waals surface area contributed by atoms with E-state index in [1.807, 2.05) is 49.3 Å². The Morgan fingerprint density at radius 2 is 1.97 bits per heavy atom. The van der Waals surface area contributed by atoms with E-state index in [-0.39, 0.29) is 5.82 Å². The van der Waals surface area contributed by atoms with Crippen LogP contribution in [0.4, 0.5) is 4.39 Å². The van der Waals surface area contributed by atoms with Crippen molar-refractivity contribution in [1.82, 2.24) is 35.4 Å². The summed E-state index contributed by atoms with van der Waals surface area (Å²) in [5, 5.41) is 11.9. The van der Waals surface area contributed by atoms with Crippen LogP contribution in [0.15, 0.2) is 54.7 Å². The largest absolute Gasteiger partial charge is 0.492 e. The predicted molar refractivity (Wildman–Crippen MR) is 144 cm³/mol. The molecular formula is C28H28FN7O. The van der Waals surface area contributed by atoms with Gasteiger partial charge in [0.25, 0.3) is 0 Å². The van der Waals surface area contributed by atoms with E-state index < -0.39 is 0 Å². The maximum Gasteiger partial charge on any atom is 0.135 e. The number of aromatic nitrogens is 5. The molecule has 188 valence electrons. The first-order valence-electron chi connectivity index (χ1n) is 12.4. The highest BCUT2D eigenvalue weighted by atomic mass is 19.1. The molecule has 1 aliphatic heterocycles. The molecule has 0 unspecified atom stereocenters. The lowest BCUT2D eigenvalue weighted by Crippen LogP contribution is -2.20. The Kier molecular flexibility index (Phi) is 6.15. The normalized spacial score (nSPS) is 14.0. The van der Waals surface area contributed by atoms with Gasteiger partial charge in [0.2, 0.25) is 0 Å². The second-order valence-electron chi connectivity index (χ2n) is 9.48. The zero-order valence-electron chi connectivity index (χ0n) is 20.8. The van der Waals surface area contributed by atoms with Crippen molar-refractivity contribution in [3.05, 3.63) is 66.2 Å². The molecule has 5 heterocycles. The fraction of sp³-hybridized carbons (Fsp3) is 0.250. The van der Waals surface area contributed by atoms with Crippen LogP contribution in [0.5, 0.6) is 5.75 Å². The average molecular weight is 498 g/mol. The van der Waals surface area contributed by atoms with Crippen molar-refractivity contribution >= 4 is 27.5 Å². The fourth-order valence-corrected chi connectivity index (χ4v) is 4.66. The van der Waals surface area contributed by atoms with Crippen molar-refractivity contribution in [3.63, 3.8) is 0 Å². The number of pyridine rings is 2. The number of nitrogens with one attached hydrogen (secondary N) is 3. The van der Waals surface area contributed by atoms with Crippen molar-refractivity contribution in [1.29, 1.82) is 0 Å². The van der Waals surface area contributed by atoms with Gasteiger partial charge in [0.15, 0.2) is 0 Å². The highest BCUT2D eigenvalue weighted by molar-refractivity contribution is 5.99. The monoisotopic (exact) mass is 497 g/mol. The quantitative estimate of drug-likeness (QED) is 0.304. The maximum atomic E-state index is 14.5. The molecule has 8 nitrogen and oxygen atoms in total. The summed E-state index contributed by atoms with van der Waals surface area (Å²) in [6, 6.07) is 12.7. The molecule has 3 N–H and O–H groups in total. The first-order chi connectivity index (χ1) is 18.0. The molecule has 0 spiro atoms. The van der Waals surface area contributed by atoms with Gasteiger partial charge in [0.05, 0.1) is 22.6 Å². The lowest BCUT2D eigenvalue weighted by atomic mass is 10.0. The Morgan fingerprint density at radius 3 is 2.81 bits per heavy atom. The van der Waals surface area contributed by atoms with E-state index in [0.29, 0.717) is 23.6 Å². The molecule has 0 fully saturated rings. The van der Waals surface area contributed by atoms with Crippen LogP contribution in [0.2, 0.25) is 0 Å². The van der Waals surface area contributed by atoms with Crippen LogP contribution >= 0.6 is 0 Å². The van der Waals surface area contributed by atoms with Crippen molar-refractivity contribution < 1.29 is 9.13 Å². The molecule has 4 aromatic heterocycles. The number of benzene rings is 1. The van der Waals surface area contributed by atoms with Gasteiger partial charge < -0.3 is 19.9 Å². The highest BCUT2D eigenvalue weighted by Crippen LogP contribution is 2.34. The zero-order valence-corrected chi connectivity index (χ0v) is 20.8. The number of hydrogen-bond donors (Lipinski definition) is 3. The van der Waals surface area contributed by atoms with Gasteiger partial charge in [-0.1, -0.05) is 6.08 Å². The molecule has 1 aliphatic rings. The molecule has 1 aromatic carbocycles. The van der Waals surface area contributed by atoms with E-state index in [1.165, 1.54) is 17.7 Å². The molecule has 9 heteroatoms. The number of aromatic amines is 2. The van der Waals surface area contributed by atoms with E-state index in [9.17, 15) is 4.39 Å². The van der Waals surface area contributed by atoms with Gasteiger partial charge in [0.1, 0.15) is 29.4 Å². The zero-order chi connectivity index (χ0) is 25.4. The second-order valence-corrected chi connectivity index (χ2v) is 9.48. The van der Waals surface area contributed by atoms with Crippen LogP contribution < -0.4 is 10.1 Å². The van der Waals surface area contributed by atoms with Crippen LogP contribution in [0, 0.1) is 5.82 Å². The number of fused-ring (bicyclic) bond motifs is 2. The lowest BCUT2D eigenvalue weighted by molar-refractivity contribution is 0.260. The van der Waals surface area contributed by atoms with Crippen molar-refractivity contribution in [2.45, 2.75) is 6.42 Å². The number of hydrogen-bond acceptors (Lipinski definition) is 6. The molecule has 6 rings (SSSR count). The standard InChI is InChI=1S/C28H28FN7O/c1-36(2)11-12-37-20-14-18(13-19(29)15-20)26-21-16-25(32-23(21)7-10-31-26)28-27-24(34-35-28)4-3-22(33-27)17-5-8-30-9-6-17/h3-5,7,10,13-16,30,32H,6,8-9,11-12H2,1-2H3,(H,34,35). The SMILES string of the molecule is CN(C)CCOc1cc(F)cc(-c2nccc3[nH]c(-c4n[nH]c5ccc(C6=CCNCC6)nc45)cc23)c1. The van der Waals surface area contributed by atoms with Crippen LogP contribution in [0.1, 0.15) is 12.1 Å². The number of nitrogens with zero attached hydrogens (tertiary/aromatic N) is 4. The van der Waals surface area contributed by atoms with Crippen LogP contribution in [-0.2, 0) is 0 Å². The smallest absolute Gasteiger partial charge is 0.135 e. The Morgan fingerprint density at radius 1 is 1.05 bits per heavy atom. The Labute approximate surface area is 213 Å². The van der Waals surface area contributed by atoms with Crippen molar-refractivity contribution in [3.8, 4) is 28.4 Å². The minimum Gasteiger partial charge on any atom is -0.492 e. The highest BCUT2D eigenvalue weighted by Gasteiger charge is 2.17. The average Bonchev–Trinajstić information content (AvgIpc) is 3.52. The minimum absolute atomic E-state index is 0.367. The van der Waals surface area contributed by atoms with Gasteiger partial charge in [-0.15, -0.1) is 0 Å². The summed E-state index contributed by atoms with van der Waals surface area (Å²) in [6.45, 7) is 3.01. The molecule has 0 atom stereocenters. The molecular weight excluding hydrogens is 469 g/mol. The van der Waals surface area contributed by atoms with Gasteiger partial charge >= 0.3 is 0 Å². The number of rotatable bonds is 7. The maximum absolute atomic E-state index is 14.5. The molecule has 0 saturated carbocycles. The number of likely N-dealkylation sites (N-methyl/N-ethyl adjacent to an activating group) is 1. The molecule has 0 radical (unpaired) electrons. The molecule has 0 amide bonds. The lowest BCUT2D eigenvalue weighted by Gasteiger charge is -2.13. The number of H-pyrrole nitrogens is 2. The third-order valence-electron chi connectivity index (χ3n) is 6.56. The fourth-order valence-electron chi connectivity index (χ4n) is 4.66. The van der Waals surface area contributed by atoms with E-state index in [0.717, 1.165) is 65.1 Å². The summed E-state index contributed by atoms with van der Waals surface area (Å²) in [5.74, 6) is 0.114. The van der Waals surface area contributed by atoms with E-state index in [2.05, 4.69) is 31.6 Å². The summed E-state index contributed by atoms with van der Waals surface area (Å²) in [5.41, 5.74) is 7.65. The molecule has 5 aromatic rings. The first kappa shape index (κ1) is 23.3. The van der Waals surface area contributed by atoms with Gasteiger partial charge in [-0.25, -0.2) is 9.37 Å². The first-order valence-corrected chi connectivity index (χ1v) is 12.4. The van der Waals surface area contributed by atoms with Crippen LogP contribution in [-0.4, -0.2) is 70.4 Å². The summed E-state index contributed by atoms with van der Waals surface area (Å²) in [6.07, 6.45) is 4.86. The van der Waals surface area contributed by atoms with Gasteiger partial charge in [0, 0.05) is 41.8 Å². The summed E-state index contributed by atoms with van der Waals surface area (Å²) >= 11 is 0. The van der Waals surface area contributed by atoms with E-state index >= 15 is 0 Å². The Hall–Kier alpha value is -4.08. The summed E-state index contributed by atoms with van der Waals surface area (Å²) in [4.78, 5) is 15.0. The predicted octanol–water partition coefficient (Wildman–Crippen LogP) is 4.62. The van der Waals surface area contributed by atoms with Crippen molar-refractivity contribution in [2.75, 3.05) is 40.3 Å². The Balaban J connectivity index is 1.39. The third kappa shape index (κ3) is 4.71. The van der Waals surface area contributed by atoms with Gasteiger partial charge in [-0.05, 0) is 69.0 Å². The minimum atomic E-state index is -0.367. The van der Waals surface area contributed by atoms with Gasteiger partial charge in [-0.2, -0.15) is 5.10 Å². The molecule has 0 aliphatic carbocycles. The molecule has 37 heavy (non-hydrogen) atoms. The topological polar surface area (TPSA) is 94.8 Å². The number of halogens is 1. The second kappa shape index (κ2) is 9.76. The summed E-state index contributed by atoms with van der Waals surface area (Å²) in [7, 11) is 3.94. The van der Waals surface area contributed by atoms with Crippen molar-refractivity contribution in [2.24, 2.45) is 0 Å². The molecule has 0 bridgehead atoms. The number of ether oxygens (including phenoxy) is 1. The van der Waals surface area contributed by atoms with E-state index in [1.54, 1.807) is 6.20 Å². The van der Waals surface area contributed by atoms with Crippen LogP contribution in [0.25, 0.3) is 50.2 Å². The molecule has 0 saturated heterocycles. The van der Waals surface area contributed by atoms with Crippen LogP contribution in [0.3, 0.4) is 0 Å². The van der Waals surface area contributed by atoms with E-state index in [4.69, 9.17) is 9.72 Å². The Bertz CT molecular complexity index is 1620. The van der Waals surface area contributed by atoms with Gasteiger partial charge in [-0.3, -0.25) is 10.1 Å².